The number of allylic oxidation sites excluding steroid dienone is 9. The Hall–Kier alpha value is -3.39. The van der Waals surface area contributed by atoms with Crippen LogP contribution in [0.4, 0.5) is 18.9 Å². The maximum Gasteiger partial charge on any atom is 0.416 e. The molecule has 2 amide bonds. The van der Waals surface area contributed by atoms with E-state index in [9.17, 15) is 27.9 Å². The number of hydrogen-bond donors (Lipinski definition) is 3. The van der Waals surface area contributed by atoms with E-state index in [4.69, 9.17) is 0 Å². The normalized spacial score (nSPS) is 17.7. The molecule has 8 heteroatoms. The van der Waals surface area contributed by atoms with E-state index in [1.807, 2.05) is 19.1 Å². The van der Waals surface area contributed by atoms with Crippen LogP contribution in [0.3, 0.4) is 0 Å². The standard InChI is InChI=1S/C30H37F3N2O3/c1-20(14-15-25-22(3)11-8-16-29(25,4)5)9-6-10-21(2)17-27(37)35-26(19-36)28(38)34-24-13-7-12-23(18-24)30(31,32)33/h6-7,9-10,12-15,17-18,26,36H,8,11,16,19H2,1-5H3,(H,34,38)(H,35,37)/t26-/m0/s1. The molecule has 1 aromatic rings. The second kappa shape index (κ2) is 13.4. The van der Waals surface area contributed by atoms with Gasteiger partial charge < -0.3 is 15.7 Å². The van der Waals surface area contributed by atoms with Crippen LogP contribution in [0.15, 0.2) is 83.0 Å². The van der Waals surface area contributed by atoms with Gasteiger partial charge in [0.1, 0.15) is 6.04 Å². The van der Waals surface area contributed by atoms with E-state index < -0.39 is 36.2 Å². The molecule has 1 aromatic carbocycles. The molecule has 2 rings (SSSR count). The zero-order valence-electron chi connectivity index (χ0n) is 22.6. The highest BCUT2D eigenvalue weighted by Crippen LogP contribution is 2.40. The van der Waals surface area contributed by atoms with Crippen molar-refractivity contribution in [1.82, 2.24) is 5.32 Å². The first-order valence-electron chi connectivity index (χ1n) is 12.5. The van der Waals surface area contributed by atoms with Crippen LogP contribution in [-0.2, 0) is 15.8 Å². The zero-order valence-corrected chi connectivity index (χ0v) is 22.6. The molecule has 1 aliphatic rings. The number of amides is 2. The predicted octanol–water partition coefficient (Wildman–Crippen LogP) is 6.65. The van der Waals surface area contributed by atoms with E-state index in [-0.39, 0.29) is 11.1 Å². The summed E-state index contributed by atoms with van der Waals surface area (Å²) in [4.78, 5) is 24.7. The molecule has 0 fully saturated rings. The summed E-state index contributed by atoms with van der Waals surface area (Å²) in [6, 6.07) is 2.77. The molecule has 1 atom stereocenters. The largest absolute Gasteiger partial charge is 0.416 e. The number of benzene rings is 1. The van der Waals surface area contributed by atoms with Crippen molar-refractivity contribution >= 4 is 17.5 Å². The van der Waals surface area contributed by atoms with Gasteiger partial charge in [0.05, 0.1) is 12.2 Å². The number of aliphatic hydroxyl groups excluding tert-OH is 1. The number of nitrogens with one attached hydrogen (secondary N) is 2. The predicted molar refractivity (Wildman–Crippen MR) is 145 cm³/mol. The van der Waals surface area contributed by atoms with Crippen molar-refractivity contribution < 1.29 is 27.9 Å². The summed E-state index contributed by atoms with van der Waals surface area (Å²) < 4.78 is 38.7. The smallest absolute Gasteiger partial charge is 0.394 e. The fourth-order valence-electron chi connectivity index (χ4n) is 4.30. The summed E-state index contributed by atoms with van der Waals surface area (Å²) in [5.74, 6) is -1.45. The van der Waals surface area contributed by atoms with Gasteiger partial charge in [0, 0.05) is 11.8 Å². The molecule has 5 nitrogen and oxygen atoms in total. The summed E-state index contributed by atoms with van der Waals surface area (Å²) in [6.45, 7) is 9.71. The van der Waals surface area contributed by atoms with Crippen molar-refractivity contribution in [2.45, 2.75) is 66.1 Å². The zero-order chi connectivity index (χ0) is 28.5. The summed E-state index contributed by atoms with van der Waals surface area (Å²) in [5, 5.41) is 14.2. The van der Waals surface area contributed by atoms with Gasteiger partial charge in [-0.1, -0.05) is 61.4 Å². The molecule has 0 bridgehead atoms. The number of carbonyl (C=O) groups is 2. The van der Waals surface area contributed by atoms with Crippen LogP contribution in [0.2, 0.25) is 0 Å². The molecule has 0 saturated carbocycles. The van der Waals surface area contributed by atoms with E-state index in [2.05, 4.69) is 43.6 Å². The monoisotopic (exact) mass is 530 g/mol. The van der Waals surface area contributed by atoms with Crippen LogP contribution in [-0.4, -0.2) is 29.6 Å². The molecule has 206 valence electrons. The topological polar surface area (TPSA) is 78.4 Å². The van der Waals surface area contributed by atoms with Gasteiger partial charge in [-0.05, 0) is 74.8 Å². The van der Waals surface area contributed by atoms with Gasteiger partial charge in [-0.15, -0.1) is 0 Å². The average Bonchev–Trinajstić information content (AvgIpc) is 2.81. The highest BCUT2D eigenvalue weighted by molar-refractivity contribution is 5.99. The SMILES string of the molecule is CC(C=CC1=C(C)CCCC1(C)C)=CC=CC(C)=CC(=O)N[C@@H](CO)C(=O)Nc1cccc(C(F)(F)F)c1. The Kier molecular flexibility index (Phi) is 10.9. The highest BCUT2D eigenvalue weighted by atomic mass is 19.4. The molecular formula is C30H37F3N2O3. The lowest BCUT2D eigenvalue weighted by Crippen LogP contribution is -2.45. The Morgan fingerprint density at radius 1 is 1.16 bits per heavy atom. The number of aliphatic hydroxyl groups is 1. The summed E-state index contributed by atoms with van der Waals surface area (Å²) in [7, 11) is 0. The van der Waals surface area contributed by atoms with E-state index in [1.165, 1.54) is 36.1 Å². The van der Waals surface area contributed by atoms with Crippen LogP contribution < -0.4 is 10.6 Å². The average molecular weight is 531 g/mol. The lowest BCUT2D eigenvalue weighted by molar-refractivity contribution is -0.137. The number of carbonyl (C=O) groups excluding carboxylic acids is 2. The van der Waals surface area contributed by atoms with Crippen LogP contribution in [0.1, 0.15) is 59.4 Å². The quantitative estimate of drug-likeness (QED) is 0.247. The second-order valence-corrected chi connectivity index (χ2v) is 10.2. The van der Waals surface area contributed by atoms with Crippen LogP contribution in [0.25, 0.3) is 0 Å². The Morgan fingerprint density at radius 2 is 1.87 bits per heavy atom. The minimum atomic E-state index is -4.56. The molecule has 0 unspecified atom stereocenters. The Bertz CT molecular complexity index is 1170. The number of hydrogen-bond acceptors (Lipinski definition) is 3. The Labute approximate surface area is 222 Å². The molecule has 0 aromatic heterocycles. The maximum absolute atomic E-state index is 12.9. The summed E-state index contributed by atoms with van der Waals surface area (Å²) in [5.41, 5.74) is 3.61. The van der Waals surface area contributed by atoms with E-state index in [0.717, 1.165) is 30.2 Å². The van der Waals surface area contributed by atoms with E-state index in [0.29, 0.717) is 5.57 Å². The van der Waals surface area contributed by atoms with Crippen LogP contribution in [0.5, 0.6) is 0 Å². The second-order valence-electron chi connectivity index (χ2n) is 10.2. The van der Waals surface area contributed by atoms with E-state index in [1.54, 1.807) is 13.0 Å². The summed E-state index contributed by atoms with van der Waals surface area (Å²) >= 11 is 0. The lowest BCUT2D eigenvalue weighted by Gasteiger charge is -2.32. The third kappa shape index (κ3) is 9.49. The highest BCUT2D eigenvalue weighted by Gasteiger charge is 2.31. The molecule has 0 radical (unpaired) electrons. The van der Waals surface area contributed by atoms with Gasteiger partial charge in [0.2, 0.25) is 11.8 Å². The van der Waals surface area contributed by atoms with Crippen molar-refractivity contribution in [3.8, 4) is 0 Å². The molecule has 38 heavy (non-hydrogen) atoms. The van der Waals surface area contributed by atoms with Gasteiger partial charge in [0.15, 0.2) is 0 Å². The van der Waals surface area contributed by atoms with Gasteiger partial charge in [-0.2, -0.15) is 13.2 Å². The molecule has 0 aliphatic heterocycles. The van der Waals surface area contributed by atoms with E-state index >= 15 is 0 Å². The number of anilines is 1. The lowest BCUT2D eigenvalue weighted by atomic mass is 9.72. The molecule has 0 spiro atoms. The first kappa shape index (κ1) is 30.8. The van der Waals surface area contributed by atoms with Crippen molar-refractivity contribution in [1.29, 1.82) is 0 Å². The third-order valence-electron chi connectivity index (χ3n) is 6.41. The number of rotatable bonds is 9. The van der Waals surface area contributed by atoms with Gasteiger partial charge in [0.25, 0.3) is 0 Å². The number of halogens is 3. The van der Waals surface area contributed by atoms with Crippen molar-refractivity contribution in [2.75, 3.05) is 11.9 Å². The summed E-state index contributed by atoms with van der Waals surface area (Å²) in [6.07, 6.45) is 9.97. The van der Waals surface area contributed by atoms with Gasteiger partial charge in [-0.3, -0.25) is 9.59 Å². The molecule has 1 aliphatic carbocycles. The van der Waals surface area contributed by atoms with Crippen LogP contribution in [0, 0.1) is 5.41 Å². The molecule has 0 saturated heterocycles. The molecule has 3 N–H and O–H groups in total. The molecular weight excluding hydrogens is 493 g/mol. The van der Waals surface area contributed by atoms with Crippen molar-refractivity contribution in [3.05, 3.63) is 88.6 Å². The number of alkyl halides is 3. The van der Waals surface area contributed by atoms with Gasteiger partial charge >= 0.3 is 6.18 Å². The van der Waals surface area contributed by atoms with Crippen molar-refractivity contribution in [3.63, 3.8) is 0 Å². The Balaban J connectivity index is 1.97. The first-order chi connectivity index (χ1) is 17.7. The van der Waals surface area contributed by atoms with Gasteiger partial charge in [-0.25, -0.2) is 0 Å². The maximum atomic E-state index is 12.9. The minimum absolute atomic E-state index is 0.0955. The fraction of sp³-hybridized carbons (Fsp3) is 0.400. The minimum Gasteiger partial charge on any atom is -0.394 e. The van der Waals surface area contributed by atoms with Crippen molar-refractivity contribution in [2.24, 2.45) is 5.41 Å². The Morgan fingerprint density at radius 3 is 2.50 bits per heavy atom. The first-order valence-corrected chi connectivity index (χ1v) is 12.5. The fourth-order valence-corrected chi connectivity index (χ4v) is 4.30. The van der Waals surface area contributed by atoms with Crippen LogP contribution >= 0.6 is 0 Å². The third-order valence-corrected chi connectivity index (χ3v) is 6.41. The molecule has 0 heterocycles.